The number of rotatable bonds is 0. The molecule has 11 heavy (non-hydrogen) atoms. The van der Waals surface area contributed by atoms with Gasteiger partial charge in [-0.2, -0.15) is 13.2 Å². The average Bonchev–Trinajstić information content (AvgIpc) is 2.08. The van der Waals surface area contributed by atoms with E-state index in [1.165, 1.54) is 13.8 Å². The predicted molar refractivity (Wildman–Crippen MR) is 31.0 cm³/mol. The van der Waals surface area contributed by atoms with E-state index in [4.69, 9.17) is 0 Å². The first-order chi connectivity index (χ1) is 4.93. The number of alkyl halides is 3. The number of hydrogen-bond acceptors (Lipinski definition) is 2. The van der Waals surface area contributed by atoms with Gasteiger partial charge in [-0.25, -0.2) is 0 Å². The summed E-state index contributed by atoms with van der Waals surface area (Å²) in [4.78, 5) is 0. The summed E-state index contributed by atoms with van der Waals surface area (Å²) in [6.45, 7) is 2.50. The fraction of sp³-hybridized carbons (Fsp3) is 0.500. The maximum Gasteiger partial charge on any atom is 0.421 e. The molecule has 1 rings (SSSR count). The van der Waals surface area contributed by atoms with Crippen LogP contribution in [0, 0.1) is 13.8 Å². The van der Waals surface area contributed by atoms with Gasteiger partial charge in [-0.1, -0.05) is 5.16 Å². The highest BCUT2D eigenvalue weighted by atomic mass is 19.4. The molecule has 0 spiro atoms. The van der Waals surface area contributed by atoms with E-state index in [2.05, 4.69) is 9.68 Å². The fourth-order valence-corrected chi connectivity index (χ4v) is 0.888. The minimum Gasteiger partial charge on any atom is -0.361 e. The van der Waals surface area contributed by atoms with Crippen molar-refractivity contribution in [2.75, 3.05) is 0 Å². The van der Waals surface area contributed by atoms with Crippen molar-refractivity contribution in [2.45, 2.75) is 20.0 Å². The molecule has 2 nitrogen and oxygen atoms in total. The Labute approximate surface area is 61.0 Å². The van der Waals surface area contributed by atoms with Crippen molar-refractivity contribution in [3.05, 3.63) is 17.0 Å². The molecule has 0 amide bonds. The second-order valence-corrected chi connectivity index (χ2v) is 2.20. The van der Waals surface area contributed by atoms with Gasteiger partial charge >= 0.3 is 6.18 Å². The molecule has 0 aromatic carbocycles. The van der Waals surface area contributed by atoms with E-state index in [-0.39, 0.29) is 11.5 Å². The third-order valence-electron chi connectivity index (χ3n) is 1.32. The molecule has 0 atom stereocenters. The maximum atomic E-state index is 12.0. The Morgan fingerprint density at radius 1 is 1.27 bits per heavy atom. The molecule has 0 saturated carbocycles. The fourth-order valence-electron chi connectivity index (χ4n) is 0.888. The van der Waals surface area contributed by atoms with Crippen molar-refractivity contribution in [3.63, 3.8) is 0 Å². The van der Waals surface area contributed by atoms with Gasteiger partial charge in [-0.3, -0.25) is 0 Å². The first kappa shape index (κ1) is 8.10. The Morgan fingerprint density at radius 3 is 2.00 bits per heavy atom. The van der Waals surface area contributed by atoms with Gasteiger partial charge in [-0.05, 0) is 13.8 Å². The number of aryl methyl sites for hydroxylation is 2. The molecule has 0 radical (unpaired) electrons. The molecular weight excluding hydrogens is 159 g/mol. The number of aromatic nitrogens is 1. The van der Waals surface area contributed by atoms with Crippen LogP contribution in [0.1, 0.15) is 17.0 Å². The lowest BCUT2D eigenvalue weighted by molar-refractivity contribution is -0.138. The van der Waals surface area contributed by atoms with E-state index in [9.17, 15) is 13.2 Å². The zero-order chi connectivity index (χ0) is 8.65. The van der Waals surface area contributed by atoms with Crippen LogP contribution in [0.4, 0.5) is 13.2 Å². The molecule has 1 aromatic heterocycles. The van der Waals surface area contributed by atoms with Crippen molar-refractivity contribution in [3.8, 4) is 0 Å². The molecule has 5 heteroatoms. The van der Waals surface area contributed by atoms with Gasteiger partial charge in [0.25, 0.3) is 0 Å². The predicted octanol–water partition coefficient (Wildman–Crippen LogP) is 2.31. The van der Waals surface area contributed by atoms with E-state index in [1.54, 1.807) is 0 Å². The van der Waals surface area contributed by atoms with Crippen molar-refractivity contribution < 1.29 is 17.7 Å². The number of halogens is 3. The Morgan fingerprint density at radius 2 is 1.82 bits per heavy atom. The maximum absolute atomic E-state index is 12.0. The number of hydrogen-bond donors (Lipinski definition) is 0. The zero-order valence-corrected chi connectivity index (χ0v) is 5.99. The van der Waals surface area contributed by atoms with E-state index in [0.717, 1.165) is 0 Å². The van der Waals surface area contributed by atoms with Crippen molar-refractivity contribution in [1.82, 2.24) is 5.16 Å². The summed E-state index contributed by atoms with van der Waals surface area (Å²) in [6, 6.07) is 0. The molecule has 1 heterocycles. The van der Waals surface area contributed by atoms with E-state index in [1.807, 2.05) is 0 Å². The highest BCUT2D eigenvalue weighted by molar-refractivity contribution is 5.23. The molecule has 0 fully saturated rings. The van der Waals surface area contributed by atoms with Crippen LogP contribution in [0.2, 0.25) is 0 Å². The summed E-state index contributed by atoms with van der Waals surface area (Å²) in [5, 5.41) is 3.19. The van der Waals surface area contributed by atoms with Gasteiger partial charge in [0.2, 0.25) is 0 Å². The quantitative estimate of drug-likeness (QED) is 0.589. The lowest BCUT2D eigenvalue weighted by Crippen LogP contribution is -2.07. The van der Waals surface area contributed by atoms with E-state index in [0.29, 0.717) is 0 Å². The van der Waals surface area contributed by atoms with Crippen LogP contribution in [0.5, 0.6) is 0 Å². The molecule has 0 saturated heterocycles. The highest BCUT2D eigenvalue weighted by Gasteiger charge is 2.37. The van der Waals surface area contributed by atoms with Gasteiger partial charge < -0.3 is 4.52 Å². The summed E-state index contributed by atoms with van der Waals surface area (Å²) >= 11 is 0. The summed E-state index contributed by atoms with van der Waals surface area (Å²) < 4.78 is 40.5. The molecule has 0 aliphatic heterocycles. The Balaban J connectivity index is 3.21. The molecule has 0 bridgehead atoms. The van der Waals surface area contributed by atoms with Crippen molar-refractivity contribution in [2.24, 2.45) is 0 Å². The molecule has 0 aliphatic rings. The Bertz CT molecular complexity index is 244. The van der Waals surface area contributed by atoms with Crippen LogP contribution in [0.3, 0.4) is 0 Å². The third kappa shape index (κ3) is 1.36. The highest BCUT2D eigenvalue weighted by Crippen LogP contribution is 2.33. The Kier molecular flexibility index (Phi) is 1.66. The molecule has 0 unspecified atom stereocenters. The zero-order valence-electron chi connectivity index (χ0n) is 5.99. The largest absolute Gasteiger partial charge is 0.421 e. The van der Waals surface area contributed by atoms with Crippen LogP contribution in [0.15, 0.2) is 4.52 Å². The minimum atomic E-state index is -4.35. The number of nitrogens with zero attached hydrogens (tertiary/aromatic N) is 1. The lowest BCUT2D eigenvalue weighted by Gasteiger charge is -2.03. The first-order valence-electron chi connectivity index (χ1n) is 2.93. The topological polar surface area (TPSA) is 26.0 Å². The summed E-state index contributed by atoms with van der Waals surface area (Å²) in [7, 11) is 0. The SMILES string of the molecule is Cc1noc(C)c1C(F)(F)F. The minimum absolute atomic E-state index is 0.116. The summed E-state index contributed by atoms with van der Waals surface area (Å²) in [5.41, 5.74) is -0.882. The van der Waals surface area contributed by atoms with Crippen LogP contribution in [0.25, 0.3) is 0 Å². The van der Waals surface area contributed by atoms with Crippen LogP contribution >= 0.6 is 0 Å². The van der Waals surface area contributed by atoms with Crippen molar-refractivity contribution in [1.29, 1.82) is 0 Å². The van der Waals surface area contributed by atoms with Gasteiger partial charge in [-0.15, -0.1) is 0 Å². The first-order valence-corrected chi connectivity index (χ1v) is 2.93. The third-order valence-corrected chi connectivity index (χ3v) is 1.32. The normalized spacial score (nSPS) is 12.1. The van der Waals surface area contributed by atoms with E-state index >= 15 is 0 Å². The van der Waals surface area contributed by atoms with Gasteiger partial charge in [0.15, 0.2) is 0 Å². The molecule has 62 valence electrons. The van der Waals surface area contributed by atoms with Gasteiger partial charge in [0, 0.05) is 0 Å². The molecular formula is C6H6F3NO. The summed E-state index contributed by atoms with van der Waals surface area (Å²) in [5.74, 6) is -0.185. The average molecular weight is 165 g/mol. The lowest BCUT2D eigenvalue weighted by atomic mass is 10.2. The van der Waals surface area contributed by atoms with Gasteiger partial charge in [0.1, 0.15) is 11.3 Å². The second kappa shape index (κ2) is 2.25. The summed E-state index contributed by atoms with van der Waals surface area (Å²) in [6.07, 6.45) is -4.35. The second-order valence-electron chi connectivity index (χ2n) is 2.20. The van der Waals surface area contributed by atoms with Crippen LogP contribution in [-0.2, 0) is 6.18 Å². The standard InChI is InChI=1S/C6H6F3NO/c1-3-5(6(7,8)9)4(2)11-10-3/h1-2H3. The van der Waals surface area contributed by atoms with Crippen LogP contribution < -0.4 is 0 Å². The van der Waals surface area contributed by atoms with E-state index < -0.39 is 11.7 Å². The molecule has 1 aromatic rings. The molecule has 0 N–H and O–H groups in total. The van der Waals surface area contributed by atoms with Crippen molar-refractivity contribution >= 4 is 0 Å². The monoisotopic (exact) mass is 165 g/mol. The van der Waals surface area contributed by atoms with Crippen LogP contribution in [-0.4, -0.2) is 5.16 Å². The molecule has 0 aliphatic carbocycles. The smallest absolute Gasteiger partial charge is 0.361 e. The van der Waals surface area contributed by atoms with Gasteiger partial charge in [0.05, 0.1) is 5.69 Å². The Hall–Kier alpha value is -1.00.